The number of para-hydroxylation sites is 1. The summed E-state index contributed by atoms with van der Waals surface area (Å²) in [6.45, 7) is 0. The van der Waals surface area contributed by atoms with Gasteiger partial charge < -0.3 is 5.43 Å². The van der Waals surface area contributed by atoms with Gasteiger partial charge in [-0.1, -0.05) is 48.5 Å². The highest BCUT2D eigenvalue weighted by atomic mass is 35.5. The van der Waals surface area contributed by atoms with Gasteiger partial charge in [-0.2, -0.15) is 0 Å². The van der Waals surface area contributed by atoms with Crippen molar-refractivity contribution >= 4 is 18.1 Å². The van der Waals surface area contributed by atoms with Crippen LogP contribution in [0.1, 0.15) is 0 Å². The maximum atomic E-state index is 5.44. The summed E-state index contributed by atoms with van der Waals surface area (Å²) in [5.41, 5.74) is 5.93. The molecule has 0 unspecified atom stereocenters. The molecule has 0 saturated carbocycles. The summed E-state index contributed by atoms with van der Waals surface area (Å²) < 4.78 is 0. The van der Waals surface area contributed by atoms with Crippen molar-refractivity contribution in [3.63, 3.8) is 0 Å². The molecule has 3 N–H and O–H groups in total. The third-order valence-electron chi connectivity index (χ3n) is 2.17. The molecule has 0 aliphatic heterocycles. The van der Waals surface area contributed by atoms with E-state index in [0.29, 0.717) is 0 Å². The predicted molar refractivity (Wildman–Crippen MR) is 66.9 cm³/mol. The van der Waals surface area contributed by atoms with Crippen molar-refractivity contribution in [1.29, 1.82) is 0 Å². The number of hydrazine groups is 1. The number of halogens is 1. The van der Waals surface area contributed by atoms with Crippen molar-refractivity contribution in [3.8, 4) is 11.1 Å². The molecule has 0 heterocycles. The second-order valence-electron chi connectivity index (χ2n) is 3.06. The largest absolute Gasteiger partial charge is 0.324 e. The van der Waals surface area contributed by atoms with Crippen LogP contribution in [0.3, 0.4) is 0 Å². The molecule has 0 aliphatic rings. The summed E-state index contributed by atoms with van der Waals surface area (Å²) in [5, 5.41) is 0. The average molecular weight is 221 g/mol. The van der Waals surface area contributed by atoms with Gasteiger partial charge in [-0.05, 0) is 11.6 Å². The van der Waals surface area contributed by atoms with Gasteiger partial charge in [0.15, 0.2) is 0 Å². The van der Waals surface area contributed by atoms with Crippen LogP contribution in [0.15, 0.2) is 54.6 Å². The van der Waals surface area contributed by atoms with E-state index in [2.05, 4.69) is 17.6 Å². The normalized spacial score (nSPS) is 9.13. The van der Waals surface area contributed by atoms with Gasteiger partial charge in [0.05, 0.1) is 5.69 Å². The van der Waals surface area contributed by atoms with E-state index < -0.39 is 0 Å². The van der Waals surface area contributed by atoms with Crippen LogP contribution in [0.4, 0.5) is 5.69 Å². The molecule has 0 spiro atoms. The molecule has 2 nitrogen and oxygen atoms in total. The first-order valence-electron chi connectivity index (χ1n) is 4.53. The maximum Gasteiger partial charge on any atom is 0.0563 e. The Kier molecular flexibility index (Phi) is 4.16. The molecule has 0 amide bonds. The predicted octanol–water partition coefficient (Wildman–Crippen LogP) is 3.06. The Labute approximate surface area is 95.5 Å². The molecule has 2 aromatic rings. The van der Waals surface area contributed by atoms with E-state index in [9.17, 15) is 0 Å². The van der Waals surface area contributed by atoms with E-state index >= 15 is 0 Å². The lowest BCUT2D eigenvalue weighted by atomic mass is 10.0. The topological polar surface area (TPSA) is 38.0 Å². The molecule has 0 radical (unpaired) electrons. The van der Waals surface area contributed by atoms with E-state index in [4.69, 9.17) is 5.84 Å². The van der Waals surface area contributed by atoms with Gasteiger partial charge in [-0.15, -0.1) is 12.4 Å². The van der Waals surface area contributed by atoms with E-state index in [1.165, 1.54) is 5.56 Å². The summed E-state index contributed by atoms with van der Waals surface area (Å²) in [6.07, 6.45) is 0. The first-order valence-corrected chi connectivity index (χ1v) is 4.53. The number of nitrogen functional groups attached to an aromatic ring is 1. The second-order valence-corrected chi connectivity index (χ2v) is 3.06. The van der Waals surface area contributed by atoms with Crippen LogP contribution >= 0.6 is 12.4 Å². The lowest BCUT2D eigenvalue weighted by Gasteiger charge is -2.07. The van der Waals surface area contributed by atoms with Crippen LogP contribution in [0.2, 0.25) is 0 Å². The summed E-state index contributed by atoms with van der Waals surface area (Å²) in [7, 11) is 0. The molecular formula is C12H13ClN2. The monoisotopic (exact) mass is 220 g/mol. The van der Waals surface area contributed by atoms with Crippen molar-refractivity contribution < 1.29 is 0 Å². The summed E-state index contributed by atoms with van der Waals surface area (Å²) in [6, 6.07) is 18.1. The van der Waals surface area contributed by atoms with E-state index in [1.54, 1.807) is 0 Å². The molecular weight excluding hydrogens is 208 g/mol. The fraction of sp³-hybridized carbons (Fsp3) is 0. The second kappa shape index (κ2) is 5.39. The van der Waals surface area contributed by atoms with Crippen molar-refractivity contribution in [2.24, 2.45) is 5.84 Å². The van der Waals surface area contributed by atoms with Gasteiger partial charge in [0, 0.05) is 5.56 Å². The van der Waals surface area contributed by atoms with Crippen LogP contribution in [0, 0.1) is 0 Å². The van der Waals surface area contributed by atoms with Gasteiger partial charge in [-0.3, -0.25) is 5.84 Å². The standard InChI is InChI=1S/C12H12N2.ClH/c13-14-12-9-5-4-8-11(12)10-6-2-1-3-7-10;/h1-9,14H,13H2;1H. The van der Waals surface area contributed by atoms with E-state index in [-0.39, 0.29) is 12.4 Å². The summed E-state index contributed by atoms with van der Waals surface area (Å²) in [5.74, 6) is 5.44. The third kappa shape index (κ3) is 2.49. The van der Waals surface area contributed by atoms with Gasteiger partial charge in [0.25, 0.3) is 0 Å². The lowest BCUT2D eigenvalue weighted by molar-refractivity contribution is 1.35. The molecule has 0 fully saturated rings. The van der Waals surface area contributed by atoms with Crippen molar-refractivity contribution in [1.82, 2.24) is 0 Å². The Balaban J connectivity index is 0.00000112. The number of rotatable bonds is 2. The number of hydrogen-bond donors (Lipinski definition) is 2. The molecule has 0 aliphatic carbocycles. The van der Waals surface area contributed by atoms with Crippen LogP contribution in [-0.4, -0.2) is 0 Å². The minimum atomic E-state index is 0. The Bertz CT molecular complexity index is 415. The SMILES string of the molecule is Cl.NNc1ccccc1-c1ccccc1. The minimum Gasteiger partial charge on any atom is -0.324 e. The van der Waals surface area contributed by atoms with Gasteiger partial charge in [0.1, 0.15) is 0 Å². The Hall–Kier alpha value is -1.51. The van der Waals surface area contributed by atoms with Crippen LogP contribution < -0.4 is 11.3 Å². The van der Waals surface area contributed by atoms with Gasteiger partial charge >= 0.3 is 0 Å². The van der Waals surface area contributed by atoms with E-state index in [1.807, 2.05) is 42.5 Å². The molecule has 0 aromatic heterocycles. The number of hydrogen-bond acceptors (Lipinski definition) is 2. The maximum absolute atomic E-state index is 5.44. The van der Waals surface area contributed by atoms with Crippen molar-refractivity contribution in [2.45, 2.75) is 0 Å². The molecule has 15 heavy (non-hydrogen) atoms. The van der Waals surface area contributed by atoms with Crippen LogP contribution in [0.25, 0.3) is 11.1 Å². The molecule has 0 bridgehead atoms. The molecule has 0 atom stereocenters. The zero-order valence-corrected chi connectivity index (χ0v) is 9.00. The lowest BCUT2D eigenvalue weighted by Crippen LogP contribution is -2.07. The highest BCUT2D eigenvalue weighted by Gasteiger charge is 2.00. The highest BCUT2D eigenvalue weighted by Crippen LogP contribution is 2.26. The van der Waals surface area contributed by atoms with E-state index in [0.717, 1.165) is 11.3 Å². The average Bonchev–Trinajstić information content (AvgIpc) is 2.30. The molecule has 2 rings (SSSR count). The van der Waals surface area contributed by atoms with Crippen molar-refractivity contribution in [3.05, 3.63) is 54.6 Å². The smallest absolute Gasteiger partial charge is 0.0563 e. The number of nitrogens with two attached hydrogens (primary N) is 1. The Morgan fingerprint density at radius 2 is 1.40 bits per heavy atom. The molecule has 0 saturated heterocycles. The first-order chi connectivity index (χ1) is 6.92. The summed E-state index contributed by atoms with van der Waals surface area (Å²) >= 11 is 0. The molecule has 2 aromatic carbocycles. The fourth-order valence-electron chi connectivity index (χ4n) is 1.48. The zero-order chi connectivity index (χ0) is 9.80. The Morgan fingerprint density at radius 3 is 2.07 bits per heavy atom. The van der Waals surface area contributed by atoms with Crippen LogP contribution in [-0.2, 0) is 0 Å². The quantitative estimate of drug-likeness (QED) is 0.603. The highest BCUT2D eigenvalue weighted by molar-refractivity contribution is 5.85. The molecule has 3 heteroatoms. The number of benzene rings is 2. The number of anilines is 1. The Morgan fingerprint density at radius 1 is 0.800 bits per heavy atom. The van der Waals surface area contributed by atoms with Gasteiger partial charge in [-0.25, -0.2) is 0 Å². The van der Waals surface area contributed by atoms with Crippen LogP contribution in [0.5, 0.6) is 0 Å². The zero-order valence-electron chi connectivity index (χ0n) is 8.18. The molecule has 78 valence electrons. The summed E-state index contributed by atoms with van der Waals surface area (Å²) in [4.78, 5) is 0. The fourth-order valence-corrected chi connectivity index (χ4v) is 1.48. The number of nitrogens with one attached hydrogen (secondary N) is 1. The first kappa shape index (κ1) is 11.6. The minimum absolute atomic E-state index is 0. The third-order valence-corrected chi connectivity index (χ3v) is 2.17. The van der Waals surface area contributed by atoms with Crippen molar-refractivity contribution in [2.75, 3.05) is 5.43 Å². The van der Waals surface area contributed by atoms with Gasteiger partial charge in [0.2, 0.25) is 0 Å².